The number of halogens is 5. The van der Waals surface area contributed by atoms with Crippen molar-refractivity contribution in [2.45, 2.75) is 122 Å². The normalized spacial score (nSPS) is 18.3. The van der Waals surface area contributed by atoms with Gasteiger partial charge in [-0.3, -0.25) is 34.7 Å². The lowest BCUT2D eigenvalue weighted by Gasteiger charge is -2.40. The molecule has 3 saturated heterocycles. The van der Waals surface area contributed by atoms with Gasteiger partial charge < -0.3 is 24.0 Å². The van der Waals surface area contributed by atoms with Gasteiger partial charge in [0.2, 0.25) is 11.8 Å². The van der Waals surface area contributed by atoms with Crippen LogP contribution in [0.3, 0.4) is 0 Å². The summed E-state index contributed by atoms with van der Waals surface area (Å²) in [4.78, 5) is 52.6. The Hall–Kier alpha value is -4.83. The number of benzene rings is 2. The molecule has 77 heavy (non-hydrogen) atoms. The number of hydrogen-bond acceptors (Lipinski definition) is 17. The molecule has 3 aliphatic rings. The van der Waals surface area contributed by atoms with Crippen molar-refractivity contribution in [3.8, 4) is 22.5 Å². The summed E-state index contributed by atoms with van der Waals surface area (Å²) < 4.78 is 120. The van der Waals surface area contributed by atoms with Crippen LogP contribution in [0.15, 0.2) is 83.1 Å². The number of aromatic nitrogens is 4. The summed E-state index contributed by atoms with van der Waals surface area (Å²) in [6, 6.07) is 12.0. The highest BCUT2D eigenvalue weighted by Crippen LogP contribution is 2.39. The quantitative estimate of drug-likeness (QED) is 0.0434. The van der Waals surface area contributed by atoms with Crippen LogP contribution in [-0.4, -0.2) is 165 Å². The van der Waals surface area contributed by atoms with Gasteiger partial charge in [-0.05, 0) is 89.5 Å². The smallest absolute Gasteiger partial charge is 0.265 e. The Bertz CT molecular complexity index is 2720. The molecular weight excluding hydrogens is 1080 g/mol. The number of ether oxygens (including phenoxy) is 3. The average Bonchev–Trinajstić information content (AvgIpc) is 3.43. The monoisotopic (exact) mass is 1140 g/mol. The van der Waals surface area contributed by atoms with Crippen molar-refractivity contribution < 1.29 is 68.2 Å². The number of rotatable bonds is 22. The van der Waals surface area contributed by atoms with Crippen molar-refractivity contribution in [3.63, 3.8) is 0 Å². The van der Waals surface area contributed by atoms with Crippen molar-refractivity contribution in [1.82, 2.24) is 40.7 Å². The van der Waals surface area contributed by atoms with Gasteiger partial charge in [0.05, 0.1) is 58.2 Å². The van der Waals surface area contributed by atoms with Crippen molar-refractivity contribution in [1.29, 1.82) is 0 Å². The maximum Gasteiger partial charge on any atom is 0.265 e. The maximum absolute atomic E-state index is 14.1. The first kappa shape index (κ1) is 63.0. The second kappa shape index (κ2) is 27.9. The Morgan fingerprint density at radius 3 is 1.43 bits per heavy atom. The van der Waals surface area contributed by atoms with Crippen LogP contribution in [0, 0.1) is 0 Å². The number of methoxy groups -OCH3 is 2. The van der Waals surface area contributed by atoms with E-state index in [9.17, 15) is 49.2 Å². The number of carbonyl (C=O) groups is 2. The van der Waals surface area contributed by atoms with Gasteiger partial charge in [-0.15, -0.1) is 12.4 Å². The third-order valence-electron chi connectivity index (χ3n) is 13.9. The van der Waals surface area contributed by atoms with Crippen molar-refractivity contribution in [3.05, 3.63) is 84.7 Å². The van der Waals surface area contributed by atoms with Gasteiger partial charge in [-0.2, -0.15) is 0 Å². The lowest BCUT2D eigenvalue weighted by Crippen LogP contribution is -2.58. The van der Waals surface area contributed by atoms with E-state index in [-0.39, 0.29) is 73.6 Å². The lowest BCUT2D eigenvalue weighted by molar-refractivity contribution is -0.202. The van der Waals surface area contributed by atoms with Gasteiger partial charge in [0, 0.05) is 103 Å². The summed E-state index contributed by atoms with van der Waals surface area (Å²) in [5.41, 5.74) is 6.95. The fourth-order valence-electron chi connectivity index (χ4n) is 9.09. The second-order valence-corrected chi connectivity index (χ2v) is 23.9. The summed E-state index contributed by atoms with van der Waals surface area (Å²) in [5, 5.41) is 9.31. The fraction of sp³-hybridized carbons (Fsp3) is 0.569. The van der Waals surface area contributed by atoms with E-state index in [1.165, 1.54) is 49.1 Å². The molecule has 2 amide bonds. The Morgan fingerprint density at radius 1 is 0.675 bits per heavy atom. The van der Waals surface area contributed by atoms with E-state index in [2.05, 4.69) is 30.3 Å². The maximum atomic E-state index is 14.1. The zero-order valence-corrected chi connectivity index (χ0v) is 46.0. The molecule has 1 unspecified atom stereocenters. The minimum atomic E-state index is -4.14. The van der Waals surface area contributed by atoms with Crippen molar-refractivity contribution in [2.24, 2.45) is 0 Å². The number of amides is 2. The van der Waals surface area contributed by atoms with Gasteiger partial charge >= 0.3 is 0 Å². The Kier molecular flexibility index (Phi) is 22.8. The molecule has 5 heterocycles. The minimum Gasteiger partial charge on any atom is -0.383 e. The summed E-state index contributed by atoms with van der Waals surface area (Å²) >= 11 is 0. The predicted molar refractivity (Wildman–Crippen MR) is 278 cm³/mol. The molecule has 0 spiro atoms. The van der Waals surface area contributed by atoms with E-state index >= 15 is 0 Å². The number of piperidine rings is 2. The number of hydrogen-bond donors (Lipinski definition) is 3. The highest BCUT2D eigenvalue weighted by atomic mass is 35.5. The van der Waals surface area contributed by atoms with Gasteiger partial charge in [0.15, 0.2) is 35.5 Å². The summed E-state index contributed by atoms with van der Waals surface area (Å²) in [6.45, 7) is 6.00. The molecule has 3 aliphatic heterocycles. The molecule has 19 nitrogen and oxygen atoms in total. The molecule has 3 fully saturated rings. The topological polar surface area (TPSA) is 242 Å². The summed E-state index contributed by atoms with van der Waals surface area (Å²) in [7, 11) is -5.10. The number of nitrogens with zero attached hydrogens (tertiary/aromatic N) is 6. The number of nitrogens with one attached hydrogen (secondary N) is 2. The van der Waals surface area contributed by atoms with Crippen LogP contribution < -0.4 is 11.0 Å². The van der Waals surface area contributed by atoms with E-state index in [4.69, 9.17) is 19.0 Å². The second-order valence-electron chi connectivity index (χ2n) is 19.4. The van der Waals surface area contributed by atoms with E-state index in [1.807, 2.05) is 4.90 Å². The SMILES string of the molecule is COCCN1CCC(C(=O)NO)(S(=O)(=O)c2ccc(-c3cnc(CCC(C)(F)F)cn3)cc2)CC1.COCCN1CCC(C(=O)NOC2CCCCO2)(S(=O)(=O)c2ccc(-c3cnc(CCC(C)(F)F)cn3)cc2)CC1.Cl. The first-order valence-electron chi connectivity index (χ1n) is 25.1. The average molecular weight is 1150 g/mol. The van der Waals surface area contributed by atoms with Crippen LogP contribution in [0.5, 0.6) is 0 Å². The van der Waals surface area contributed by atoms with E-state index in [1.54, 1.807) is 44.0 Å². The lowest BCUT2D eigenvalue weighted by atomic mass is 9.95. The van der Waals surface area contributed by atoms with E-state index in [0.717, 1.165) is 26.7 Å². The molecule has 1 atom stereocenters. The van der Waals surface area contributed by atoms with Crippen LogP contribution >= 0.6 is 12.4 Å². The van der Waals surface area contributed by atoms with Crippen molar-refractivity contribution >= 4 is 43.9 Å². The number of alkyl halides is 4. The highest BCUT2D eigenvalue weighted by Gasteiger charge is 2.54. The van der Waals surface area contributed by atoms with Gasteiger partial charge in [0.25, 0.3) is 11.8 Å². The minimum absolute atomic E-state index is 0. The number of likely N-dealkylation sites (tertiary alicyclic amines) is 2. The molecule has 4 aromatic rings. The van der Waals surface area contributed by atoms with Crippen LogP contribution in [0.25, 0.3) is 22.5 Å². The van der Waals surface area contributed by atoms with E-state index in [0.29, 0.717) is 99.4 Å². The van der Waals surface area contributed by atoms with Crippen molar-refractivity contribution in [2.75, 3.05) is 73.3 Å². The largest absolute Gasteiger partial charge is 0.383 e. The number of hydroxylamine groups is 2. The molecule has 0 bridgehead atoms. The molecule has 0 radical (unpaired) electrons. The Labute approximate surface area is 453 Å². The Morgan fingerprint density at radius 2 is 1.09 bits per heavy atom. The molecule has 7 rings (SSSR count). The number of carbonyl (C=O) groups excluding carboxylic acids is 2. The molecule has 3 N–H and O–H groups in total. The van der Waals surface area contributed by atoms with Crippen LogP contribution in [0.4, 0.5) is 17.6 Å². The summed E-state index contributed by atoms with van der Waals surface area (Å²) in [6.07, 6.45) is 7.34. The highest BCUT2D eigenvalue weighted by molar-refractivity contribution is 7.94. The molecule has 426 valence electrons. The molecule has 0 saturated carbocycles. The number of sulfone groups is 2. The standard InChI is InChI=1S/C28H38F2N4O6S.C23H30F2N4O5S.ClH/c1-27(29,30)11-10-22-19-32-24(20-31-22)21-6-8-23(9-7-21)41(36,37)28(12-14-34(15-13-28)16-18-38-2)26(35)33-40-25-5-3-4-17-39-25;1-22(24,25)8-7-18-15-27-20(16-26-18)17-3-5-19(6-4-17)35(32,33)23(21(30)28-31)9-11-29(12-10-23)13-14-34-2;/h6-9,19-20,25H,3-5,10-18H2,1-2H3,(H,33,35);3-6,15-16,31H,7-14H2,1-2H3,(H,28,30);1H. The first-order valence-corrected chi connectivity index (χ1v) is 28.1. The van der Waals surface area contributed by atoms with Gasteiger partial charge in [0.1, 0.15) is 0 Å². The summed E-state index contributed by atoms with van der Waals surface area (Å²) in [5.74, 6) is -7.23. The fourth-order valence-corrected chi connectivity index (χ4v) is 13.0. The molecular formula is C51H69ClF4N8O11S2. The number of aryl methyl sites for hydroxylation is 2. The molecule has 0 aliphatic carbocycles. The zero-order chi connectivity index (χ0) is 55.2. The Balaban J connectivity index is 0.000000284. The molecule has 2 aromatic heterocycles. The van der Waals surface area contributed by atoms with Crippen LogP contribution in [0.1, 0.15) is 83.0 Å². The van der Waals surface area contributed by atoms with Crippen LogP contribution in [0.2, 0.25) is 0 Å². The predicted octanol–water partition coefficient (Wildman–Crippen LogP) is 6.47. The molecule has 26 heteroatoms. The van der Waals surface area contributed by atoms with Gasteiger partial charge in [-0.1, -0.05) is 24.3 Å². The van der Waals surface area contributed by atoms with Gasteiger partial charge in [-0.25, -0.2) is 50.2 Å². The zero-order valence-electron chi connectivity index (χ0n) is 43.6. The first-order chi connectivity index (χ1) is 36.1. The molecule has 2 aromatic carbocycles. The van der Waals surface area contributed by atoms with Crippen LogP contribution in [-0.2, 0) is 61.2 Å². The van der Waals surface area contributed by atoms with E-state index < -0.39 is 59.1 Å². The third-order valence-corrected chi connectivity index (χ3v) is 18.9. The third kappa shape index (κ3) is 16.4.